The lowest BCUT2D eigenvalue weighted by molar-refractivity contribution is -0.384. The summed E-state index contributed by atoms with van der Waals surface area (Å²) < 4.78 is 0. The first-order valence-electron chi connectivity index (χ1n) is 5.78. The second kappa shape index (κ2) is 6.57. The molecule has 1 heterocycles. The zero-order chi connectivity index (χ0) is 15.2. The summed E-state index contributed by atoms with van der Waals surface area (Å²) in [7, 11) is 0. The molecule has 2 amide bonds. The highest BCUT2D eigenvalue weighted by atomic mass is 32.1. The van der Waals surface area contributed by atoms with Gasteiger partial charge in [-0.15, -0.1) is 11.3 Å². The Hall–Kier alpha value is -2.81. The van der Waals surface area contributed by atoms with Gasteiger partial charge in [0, 0.05) is 29.3 Å². The first-order chi connectivity index (χ1) is 10.1. The van der Waals surface area contributed by atoms with Crippen molar-refractivity contribution < 1.29 is 14.5 Å². The topological polar surface area (TPSA) is 114 Å². The lowest BCUT2D eigenvalue weighted by Gasteiger charge is -2.05. The summed E-state index contributed by atoms with van der Waals surface area (Å²) in [5.74, 6) is -0.989. The molecule has 0 atom stereocenters. The van der Waals surface area contributed by atoms with Crippen LogP contribution in [0.15, 0.2) is 35.8 Å². The normalized spacial score (nSPS) is 9.90. The number of carbonyl (C=O) groups excluding carboxylic acids is 2. The number of thiazole rings is 1. The molecule has 1 aromatic carbocycles. The van der Waals surface area contributed by atoms with Crippen LogP contribution in [0, 0.1) is 10.1 Å². The van der Waals surface area contributed by atoms with E-state index in [-0.39, 0.29) is 17.8 Å². The number of amides is 2. The number of hydrogen-bond donors (Lipinski definition) is 2. The first-order valence-corrected chi connectivity index (χ1v) is 6.66. The molecule has 108 valence electrons. The summed E-state index contributed by atoms with van der Waals surface area (Å²) in [5.41, 5.74) is -0.0684. The zero-order valence-corrected chi connectivity index (χ0v) is 11.4. The Morgan fingerprint density at radius 3 is 2.86 bits per heavy atom. The number of benzene rings is 1. The van der Waals surface area contributed by atoms with E-state index in [1.807, 2.05) is 0 Å². The van der Waals surface area contributed by atoms with Crippen LogP contribution in [0.2, 0.25) is 0 Å². The van der Waals surface area contributed by atoms with Gasteiger partial charge in [0.2, 0.25) is 5.91 Å². The van der Waals surface area contributed by atoms with Gasteiger partial charge in [-0.25, -0.2) is 4.98 Å². The lowest BCUT2D eigenvalue weighted by Crippen LogP contribution is -2.32. The highest BCUT2D eigenvalue weighted by Crippen LogP contribution is 2.13. The van der Waals surface area contributed by atoms with Crippen molar-refractivity contribution in [1.29, 1.82) is 0 Å². The van der Waals surface area contributed by atoms with Crippen LogP contribution in [0.3, 0.4) is 0 Å². The van der Waals surface area contributed by atoms with Crippen LogP contribution in [-0.4, -0.2) is 28.3 Å². The Kier molecular flexibility index (Phi) is 4.57. The molecule has 2 rings (SSSR count). The van der Waals surface area contributed by atoms with E-state index >= 15 is 0 Å². The maximum Gasteiger partial charge on any atom is 0.270 e. The summed E-state index contributed by atoms with van der Waals surface area (Å²) >= 11 is 1.26. The van der Waals surface area contributed by atoms with E-state index in [1.165, 1.54) is 29.5 Å². The first kappa shape index (κ1) is 14.6. The predicted octanol–water partition coefficient (Wildman–Crippen LogP) is 1.42. The standard InChI is InChI=1S/C12H10N4O4S/c17-10(15-12-13-4-5-21-12)7-14-11(18)8-2-1-3-9(6-8)16(19)20/h1-6H,7H2,(H,14,18)(H,13,15,17). The van der Waals surface area contributed by atoms with Crippen molar-refractivity contribution in [1.82, 2.24) is 10.3 Å². The molecule has 0 bridgehead atoms. The number of rotatable bonds is 5. The molecule has 0 saturated carbocycles. The second-order valence-corrected chi connectivity index (χ2v) is 4.77. The van der Waals surface area contributed by atoms with E-state index < -0.39 is 16.7 Å². The fourth-order valence-electron chi connectivity index (χ4n) is 1.47. The van der Waals surface area contributed by atoms with Gasteiger partial charge in [0.1, 0.15) is 0 Å². The summed E-state index contributed by atoms with van der Waals surface area (Å²) in [4.78, 5) is 37.3. The third kappa shape index (κ3) is 4.08. The van der Waals surface area contributed by atoms with Crippen LogP contribution in [0.1, 0.15) is 10.4 Å². The number of carbonyl (C=O) groups is 2. The molecular weight excluding hydrogens is 296 g/mol. The van der Waals surface area contributed by atoms with E-state index in [0.717, 1.165) is 6.07 Å². The molecule has 0 radical (unpaired) electrons. The minimum absolute atomic E-state index is 0.117. The number of nitrogens with zero attached hydrogens (tertiary/aromatic N) is 2. The molecule has 2 N–H and O–H groups in total. The van der Waals surface area contributed by atoms with E-state index in [1.54, 1.807) is 11.6 Å². The Balaban J connectivity index is 1.91. The van der Waals surface area contributed by atoms with Gasteiger partial charge in [0.25, 0.3) is 11.6 Å². The third-order valence-electron chi connectivity index (χ3n) is 2.41. The van der Waals surface area contributed by atoms with E-state index in [4.69, 9.17) is 0 Å². The van der Waals surface area contributed by atoms with Crippen LogP contribution in [0.5, 0.6) is 0 Å². The molecule has 0 aliphatic carbocycles. The molecule has 2 aromatic rings. The Morgan fingerprint density at radius 1 is 1.38 bits per heavy atom. The van der Waals surface area contributed by atoms with Gasteiger partial charge < -0.3 is 10.6 Å². The van der Waals surface area contributed by atoms with Crippen LogP contribution in [-0.2, 0) is 4.79 Å². The summed E-state index contributed by atoms with van der Waals surface area (Å²) in [5, 5.41) is 17.6. The largest absolute Gasteiger partial charge is 0.343 e. The van der Waals surface area contributed by atoms with Gasteiger partial charge in [-0.1, -0.05) is 6.07 Å². The molecule has 21 heavy (non-hydrogen) atoms. The molecule has 0 aliphatic rings. The molecule has 8 nitrogen and oxygen atoms in total. The fourth-order valence-corrected chi connectivity index (χ4v) is 2.02. The molecule has 0 unspecified atom stereocenters. The van der Waals surface area contributed by atoms with Crippen molar-refractivity contribution in [3.8, 4) is 0 Å². The van der Waals surface area contributed by atoms with Crippen molar-refractivity contribution in [2.75, 3.05) is 11.9 Å². The fraction of sp³-hybridized carbons (Fsp3) is 0.0833. The number of nitro benzene ring substituents is 1. The van der Waals surface area contributed by atoms with Gasteiger partial charge in [0.05, 0.1) is 11.5 Å². The number of non-ortho nitro benzene ring substituents is 1. The summed E-state index contributed by atoms with van der Waals surface area (Å²) in [6.45, 7) is -0.249. The van der Waals surface area contributed by atoms with Gasteiger partial charge in [-0.05, 0) is 6.07 Å². The highest BCUT2D eigenvalue weighted by Gasteiger charge is 2.12. The Morgan fingerprint density at radius 2 is 2.19 bits per heavy atom. The molecule has 0 fully saturated rings. The van der Waals surface area contributed by atoms with Gasteiger partial charge in [0.15, 0.2) is 5.13 Å². The molecule has 0 spiro atoms. The van der Waals surface area contributed by atoms with Gasteiger partial charge in [-0.2, -0.15) is 0 Å². The van der Waals surface area contributed by atoms with Crippen molar-refractivity contribution in [3.63, 3.8) is 0 Å². The Bertz CT molecular complexity index is 672. The molecule has 0 saturated heterocycles. The average Bonchev–Trinajstić information content (AvgIpc) is 2.97. The van der Waals surface area contributed by atoms with Crippen LogP contribution < -0.4 is 10.6 Å². The van der Waals surface area contributed by atoms with E-state index in [9.17, 15) is 19.7 Å². The predicted molar refractivity (Wildman–Crippen MR) is 76.2 cm³/mol. The van der Waals surface area contributed by atoms with Crippen LogP contribution in [0.4, 0.5) is 10.8 Å². The summed E-state index contributed by atoms with van der Waals surface area (Å²) in [6.07, 6.45) is 1.54. The smallest absolute Gasteiger partial charge is 0.270 e. The molecule has 1 aromatic heterocycles. The quantitative estimate of drug-likeness (QED) is 0.640. The minimum atomic E-state index is -0.591. The zero-order valence-electron chi connectivity index (χ0n) is 10.6. The number of hydrogen-bond acceptors (Lipinski definition) is 6. The maximum absolute atomic E-state index is 11.8. The van der Waals surface area contributed by atoms with Crippen molar-refractivity contribution in [3.05, 3.63) is 51.5 Å². The van der Waals surface area contributed by atoms with Crippen molar-refractivity contribution in [2.45, 2.75) is 0 Å². The van der Waals surface area contributed by atoms with Gasteiger partial charge >= 0.3 is 0 Å². The number of aromatic nitrogens is 1. The SMILES string of the molecule is O=C(CNC(=O)c1cccc([N+](=O)[O-])c1)Nc1nccs1. The lowest BCUT2D eigenvalue weighted by atomic mass is 10.2. The van der Waals surface area contributed by atoms with Gasteiger partial charge in [-0.3, -0.25) is 19.7 Å². The molecule has 9 heteroatoms. The monoisotopic (exact) mass is 306 g/mol. The molecular formula is C12H10N4O4S. The van der Waals surface area contributed by atoms with E-state index in [0.29, 0.717) is 5.13 Å². The van der Waals surface area contributed by atoms with E-state index in [2.05, 4.69) is 15.6 Å². The number of nitro groups is 1. The Labute approximate surface area is 123 Å². The van der Waals surface area contributed by atoms with Crippen LogP contribution >= 0.6 is 11.3 Å². The third-order valence-corrected chi connectivity index (χ3v) is 3.10. The number of anilines is 1. The maximum atomic E-state index is 11.8. The van der Waals surface area contributed by atoms with Crippen molar-refractivity contribution >= 4 is 34.0 Å². The molecule has 0 aliphatic heterocycles. The van der Waals surface area contributed by atoms with Crippen molar-refractivity contribution in [2.24, 2.45) is 0 Å². The second-order valence-electron chi connectivity index (χ2n) is 3.88. The van der Waals surface area contributed by atoms with Crippen LogP contribution in [0.25, 0.3) is 0 Å². The highest BCUT2D eigenvalue weighted by molar-refractivity contribution is 7.13. The minimum Gasteiger partial charge on any atom is -0.343 e. The average molecular weight is 306 g/mol. The number of nitrogens with one attached hydrogen (secondary N) is 2. The summed E-state index contributed by atoms with van der Waals surface area (Å²) in [6, 6.07) is 5.27.